The van der Waals surface area contributed by atoms with Crippen LogP contribution in [0.1, 0.15) is 17.3 Å². The zero-order valence-electron chi connectivity index (χ0n) is 13.3. The van der Waals surface area contributed by atoms with Crippen LogP contribution in [0.15, 0.2) is 47.3 Å². The van der Waals surface area contributed by atoms with E-state index in [2.05, 4.69) is 9.72 Å². The first-order valence-electron chi connectivity index (χ1n) is 7.38. The Hall–Kier alpha value is -2.80. The summed E-state index contributed by atoms with van der Waals surface area (Å²) in [6.07, 6.45) is -4.81. The smallest absolute Gasteiger partial charge is 0.406 e. The van der Waals surface area contributed by atoms with Crippen LogP contribution in [0.5, 0.6) is 5.75 Å². The van der Waals surface area contributed by atoms with Gasteiger partial charge in [-0.1, -0.05) is 23.7 Å². The Kier molecular flexibility index (Phi) is 4.50. The topological polar surface area (TPSA) is 59.2 Å². The van der Waals surface area contributed by atoms with Crippen LogP contribution in [0.3, 0.4) is 0 Å². The van der Waals surface area contributed by atoms with Crippen LogP contribution in [-0.2, 0) is 0 Å². The van der Waals surface area contributed by atoms with E-state index < -0.39 is 23.5 Å². The molecule has 3 rings (SSSR count). The Morgan fingerprint density at radius 1 is 1.12 bits per heavy atom. The number of Topliss-reactive ketones (excluding diaryl/α,β-unsaturated/α-hetero) is 1. The predicted molar refractivity (Wildman–Crippen MR) is 91.7 cm³/mol. The zero-order valence-corrected chi connectivity index (χ0v) is 14.0. The summed E-state index contributed by atoms with van der Waals surface area (Å²) in [4.78, 5) is 27.0. The predicted octanol–water partition coefficient (Wildman–Crippen LogP) is 4.95. The number of pyridine rings is 1. The van der Waals surface area contributed by atoms with Gasteiger partial charge in [0.05, 0.1) is 5.56 Å². The van der Waals surface area contributed by atoms with Crippen molar-refractivity contribution >= 4 is 28.3 Å². The zero-order chi connectivity index (χ0) is 19.1. The first-order valence-corrected chi connectivity index (χ1v) is 7.76. The number of rotatable bonds is 3. The summed E-state index contributed by atoms with van der Waals surface area (Å²) in [5, 5.41) is 0.893. The van der Waals surface area contributed by atoms with E-state index in [9.17, 15) is 22.8 Å². The molecule has 0 aliphatic rings. The van der Waals surface area contributed by atoms with Crippen molar-refractivity contribution in [3.8, 4) is 16.9 Å². The van der Waals surface area contributed by atoms with Gasteiger partial charge in [-0.3, -0.25) is 9.59 Å². The Bertz CT molecular complexity index is 1060. The molecule has 0 amide bonds. The molecule has 0 bridgehead atoms. The minimum absolute atomic E-state index is 0.0933. The number of fused-ring (bicyclic) bond motifs is 1. The second kappa shape index (κ2) is 6.49. The highest BCUT2D eigenvalue weighted by atomic mass is 35.5. The fourth-order valence-corrected chi connectivity index (χ4v) is 2.90. The molecule has 0 fully saturated rings. The molecule has 0 aliphatic carbocycles. The highest BCUT2D eigenvalue weighted by molar-refractivity contribution is 6.31. The number of carbonyl (C=O) groups excluding carboxylic acids is 1. The molecule has 2 aromatic carbocycles. The molecule has 3 aromatic rings. The lowest BCUT2D eigenvalue weighted by molar-refractivity contribution is -0.274. The summed E-state index contributed by atoms with van der Waals surface area (Å²) >= 11 is 6.03. The van der Waals surface area contributed by atoms with Crippen LogP contribution < -0.4 is 10.3 Å². The van der Waals surface area contributed by atoms with Crippen LogP contribution in [0, 0.1) is 0 Å². The number of hydrogen-bond donors (Lipinski definition) is 1. The SMILES string of the molecule is CC(=O)c1c(-c2ccc(OC(F)(F)F)cc2)c2cc(Cl)ccc2[nH]c1=O. The molecule has 134 valence electrons. The van der Waals surface area contributed by atoms with Crippen molar-refractivity contribution in [3.63, 3.8) is 0 Å². The van der Waals surface area contributed by atoms with Crippen molar-refractivity contribution in [1.82, 2.24) is 4.98 Å². The molecule has 1 heterocycles. The van der Waals surface area contributed by atoms with Crippen molar-refractivity contribution in [2.75, 3.05) is 0 Å². The summed E-state index contributed by atoms with van der Waals surface area (Å²) < 4.78 is 40.8. The van der Waals surface area contributed by atoms with Crippen LogP contribution in [-0.4, -0.2) is 17.1 Å². The van der Waals surface area contributed by atoms with Crippen molar-refractivity contribution in [2.45, 2.75) is 13.3 Å². The first kappa shape index (κ1) is 18.0. The van der Waals surface area contributed by atoms with Gasteiger partial charge in [0.2, 0.25) is 0 Å². The number of aromatic amines is 1. The molecule has 0 spiro atoms. The highest BCUT2D eigenvalue weighted by Crippen LogP contribution is 2.33. The molecule has 0 unspecified atom stereocenters. The number of ketones is 1. The highest BCUT2D eigenvalue weighted by Gasteiger charge is 2.31. The van der Waals surface area contributed by atoms with Crippen LogP contribution in [0.2, 0.25) is 5.02 Å². The fraction of sp³-hybridized carbons (Fsp3) is 0.111. The third kappa shape index (κ3) is 3.57. The molecule has 0 atom stereocenters. The monoisotopic (exact) mass is 381 g/mol. The van der Waals surface area contributed by atoms with Crippen molar-refractivity contribution < 1.29 is 22.7 Å². The summed E-state index contributed by atoms with van der Waals surface area (Å²) in [6, 6.07) is 9.68. The summed E-state index contributed by atoms with van der Waals surface area (Å²) in [7, 11) is 0. The van der Waals surface area contributed by atoms with E-state index in [0.717, 1.165) is 12.1 Å². The number of carbonyl (C=O) groups is 1. The van der Waals surface area contributed by atoms with E-state index in [4.69, 9.17) is 11.6 Å². The lowest BCUT2D eigenvalue weighted by Gasteiger charge is -2.13. The van der Waals surface area contributed by atoms with E-state index in [-0.39, 0.29) is 5.56 Å². The lowest BCUT2D eigenvalue weighted by atomic mass is 9.94. The van der Waals surface area contributed by atoms with Crippen LogP contribution in [0.25, 0.3) is 22.0 Å². The van der Waals surface area contributed by atoms with Gasteiger partial charge in [-0.15, -0.1) is 13.2 Å². The standard InChI is InChI=1S/C18H11ClF3NO3/c1-9(24)15-16(10-2-5-12(6-3-10)26-18(20,21)22)13-8-11(19)4-7-14(13)23-17(15)25/h2-8H,1H3,(H,23,25). The van der Waals surface area contributed by atoms with Gasteiger partial charge in [0.15, 0.2) is 5.78 Å². The average molecular weight is 382 g/mol. The second-order valence-electron chi connectivity index (χ2n) is 5.52. The molecule has 1 aromatic heterocycles. The van der Waals surface area contributed by atoms with Crippen LogP contribution >= 0.6 is 11.6 Å². The second-order valence-corrected chi connectivity index (χ2v) is 5.96. The maximum absolute atomic E-state index is 12.3. The molecule has 4 nitrogen and oxygen atoms in total. The number of aromatic nitrogens is 1. The molecular weight excluding hydrogens is 371 g/mol. The number of ether oxygens (including phenoxy) is 1. The molecule has 0 radical (unpaired) electrons. The number of alkyl halides is 3. The fourth-order valence-electron chi connectivity index (χ4n) is 2.72. The van der Waals surface area contributed by atoms with Gasteiger partial charge in [-0.25, -0.2) is 0 Å². The number of nitrogens with one attached hydrogen (secondary N) is 1. The number of H-pyrrole nitrogens is 1. The molecule has 0 saturated heterocycles. The molecule has 1 N–H and O–H groups in total. The lowest BCUT2D eigenvalue weighted by Crippen LogP contribution is -2.18. The van der Waals surface area contributed by atoms with Crippen molar-refractivity contribution in [3.05, 3.63) is 63.4 Å². The Labute approximate surface area is 150 Å². The summed E-state index contributed by atoms with van der Waals surface area (Å²) in [5.41, 5.74) is 0.470. The maximum Gasteiger partial charge on any atom is 0.573 e. The summed E-state index contributed by atoms with van der Waals surface area (Å²) in [5.74, 6) is -0.878. The van der Waals surface area contributed by atoms with Crippen molar-refractivity contribution in [1.29, 1.82) is 0 Å². The molecular formula is C18H11ClF3NO3. The van der Waals surface area contributed by atoms with E-state index in [1.165, 1.54) is 19.1 Å². The van der Waals surface area contributed by atoms with E-state index >= 15 is 0 Å². The van der Waals surface area contributed by atoms with Gasteiger partial charge in [-0.05, 0) is 42.8 Å². The van der Waals surface area contributed by atoms with E-state index in [1.54, 1.807) is 18.2 Å². The first-order chi connectivity index (χ1) is 12.2. The number of hydrogen-bond acceptors (Lipinski definition) is 3. The third-order valence-corrected chi connectivity index (χ3v) is 3.94. The number of benzene rings is 2. The largest absolute Gasteiger partial charge is 0.573 e. The summed E-state index contributed by atoms with van der Waals surface area (Å²) in [6.45, 7) is 1.24. The molecule has 26 heavy (non-hydrogen) atoms. The van der Waals surface area contributed by atoms with Crippen molar-refractivity contribution in [2.24, 2.45) is 0 Å². The molecule has 0 saturated carbocycles. The van der Waals surface area contributed by atoms with Gasteiger partial charge in [0, 0.05) is 21.5 Å². The third-order valence-electron chi connectivity index (χ3n) is 3.70. The van der Waals surface area contributed by atoms with Gasteiger partial charge >= 0.3 is 6.36 Å². The van der Waals surface area contributed by atoms with Crippen LogP contribution in [0.4, 0.5) is 13.2 Å². The van der Waals surface area contributed by atoms with E-state index in [0.29, 0.717) is 27.1 Å². The quantitative estimate of drug-likeness (QED) is 0.653. The molecule has 0 aliphatic heterocycles. The minimum atomic E-state index is -4.81. The minimum Gasteiger partial charge on any atom is -0.406 e. The van der Waals surface area contributed by atoms with E-state index in [1.807, 2.05) is 0 Å². The van der Waals surface area contributed by atoms with Gasteiger partial charge < -0.3 is 9.72 Å². The Morgan fingerprint density at radius 3 is 2.35 bits per heavy atom. The Morgan fingerprint density at radius 2 is 1.77 bits per heavy atom. The maximum atomic E-state index is 12.3. The number of halogens is 4. The molecule has 8 heteroatoms. The van der Waals surface area contributed by atoms with Gasteiger partial charge in [0.25, 0.3) is 5.56 Å². The average Bonchev–Trinajstić information content (AvgIpc) is 2.53. The normalized spacial score (nSPS) is 11.6. The van der Waals surface area contributed by atoms with Gasteiger partial charge in [0.1, 0.15) is 5.75 Å². The Balaban J connectivity index is 2.26. The van der Waals surface area contributed by atoms with Gasteiger partial charge in [-0.2, -0.15) is 0 Å².